The van der Waals surface area contributed by atoms with Crippen molar-refractivity contribution in [3.63, 3.8) is 0 Å². The number of hydrogen-bond donors (Lipinski definition) is 1. The standard InChI is InChI=1S/C32H26FNO5/c1-3-38-27-17-12-22(18-20(27)2)30(35)28-29(34(32(37)31(28)36)24-15-13-23(33)14-16-24)21-8-7-11-26(19-21)39-25-9-5-4-6-10-25/h4-19,29,35H,3H2,1-2H3/b30-28+. The molecule has 6 nitrogen and oxygen atoms in total. The zero-order valence-electron chi connectivity index (χ0n) is 21.4. The normalized spacial score (nSPS) is 16.4. The van der Waals surface area contributed by atoms with Crippen LogP contribution in [0.5, 0.6) is 17.2 Å². The van der Waals surface area contributed by atoms with Gasteiger partial charge in [0.2, 0.25) is 0 Å². The number of carbonyl (C=O) groups excluding carboxylic acids is 2. The minimum atomic E-state index is -0.985. The number of benzene rings is 4. The summed E-state index contributed by atoms with van der Waals surface area (Å²) in [7, 11) is 0. The second-order valence-corrected chi connectivity index (χ2v) is 9.05. The van der Waals surface area contributed by atoms with Crippen molar-refractivity contribution in [2.45, 2.75) is 19.9 Å². The lowest BCUT2D eigenvalue weighted by molar-refractivity contribution is -0.132. The number of aryl methyl sites for hydroxylation is 1. The molecular weight excluding hydrogens is 497 g/mol. The molecule has 1 unspecified atom stereocenters. The van der Waals surface area contributed by atoms with E-state index in [2.05, 4.69) is 0 Å². The van der Waals surface area contributed by atoms with E-state index in [0.29, 0.717) is 40.7 Å². The van der Waals surface area contributed by atoms with E-state index < -0.39 is 23.5 Å². The van der Waals surface area contributed by atoms with Gasteiger partial charge in [-0.2, -0.15) is 0 Å². The second kappa shape index (κ2) is 10.8. The van der Waals surface area contributed by atoms with E-state index in [9.17, 15) is 19.1 Å². The topological polar surface area (TPSA) is 76.1 Å². The summed E-state index contributed by atoms with van der Waals surface area (Å²) in [5, 5.41) is 11.4. The average molecular weight is 524 g/mol. The summed E-state index contributed by atoms with van der Waals surface area (Å²) in [6.07, 6.45) is 0. The van der Waals surface area contributed by atoms with Crippen molar-refractivity contribution in [2.24, 2.45) is 0 Å². The molecule has 4 aromatic rings. The molecular formula is C32H26FNO5. The maximum absolute atomic E-state index is 13.7. The summed E-state index contributed by atoms with van der Waals surface area (Å²) in [5.74, 6) is -0.707. The van der Waals surface area contributed by atoms with Crippen LogP contribution in [0.2, 0.25) is 0 Å². The molecule has 0 spiro atoms. The summed E-state index contributed by atoms with van der Waals surface area (Å²) < 4.78 is 25.3. The van der Waals surface area contributed by atoms with E-state index in [1.54, 1.807) is 42.5 Å². The molecule has 7 heteroatoms. The number of ketones is 1. The van der Waals surface area contributed by atoms with Crippen molar-refractivity contribution < 1.29 is 28.6 Å². The van der Waals surface area contributed by atoms with Crippen LogP contribution in [0.15, 0.2) is 103 Å². The minimum absolute atomic E-state index is 0.0789. The Kier molecular flexibility index (Phi) is 7.14. The average Bonchev–Trinajstić information content (AvgIpc) is 3.21. The molecule has 4 aromatic carbocycles. The summed E-state index contributed by atoms with van der Waals surface area (Å²) >= 11 is 0. The van der Waals surface area contributed by atoms with Crippen LogP contribution in [-0.4, -0.2) is 23.4 Å². The molecule has 1 N–H and O–H groups in total. The van der Waals surface area contributed by atoms with Crippen molar-refractivity contribution in [1.29, 1.82) is 0 Å². The number of para-hydroxylation sites is 1. The van der Waals surface area contributed by atoms with Gasteiger partial charge in [0.05, 0.1) is 18.2 Å². The van der Waals surface area contributed by atoms with Gasteiger partial charge in [0.25, 0.3) is 11.7 Å². The molecule has 1 aliphatic rings. The lowest BCUT2D eigenvalue weighted by Crippen LogP contribution is -2.29. The predicted molar refractivity (Wildman–Crippen MR) is 146 cm³/mol. The number of nitrogens with zero attached hydrogens (tertiary/aromatic N) is 1. The monoisotopic (exact) mass is 523 g/mol. The molecule has 1 aliphatic heterocycles. The molecule has 5 rings (SSSR count). The van der Waals surface area contributed by atoms with Gasteiger partial charge in [0.15, 0.2) is 0 Å². The van der Waals surface area contributed by atoms with Gasteiger partial charge in [-0.1, -0.05) is 30.3 Å². The van der Waals surface area contributed by atoms with Crippen LogP contribution in [0.4, 0.5) is 10.1 Å². The number of rotatable bonds is 7. The van der Waals surface area contributed by atoms with Gasteiger partial charge in [0, 0.05) is 11.3 Å². The van der Waals surface area contributed by atoms with Crippen molar-refractivity contribution in [3.8, 4) is 17.2 Å². The number of amides is 1. The highest BCUT2D eigenvalue weighted by atomic mass is 19.1. The Hall–Kier alpha value is -4.91. The number of carbonyl (C=O) groups is 2. The largest absolute Gasteiger partial charge is 0.507 e. The lowest BCUT2D eigenvalue weighted by atomic mass is 9.94. The molecule has 39 heavy (non-hydrogen) atoms. The highest BCUT2D eigenvalue weighted by Crippen LogP contribution is 2.43. The fraction of sp³-hybridized carbons (Fsp3) is 0.125. The molecule has 1 fully saturated rings. The van der Waals surface area contributed by atoms with E-state index in [4.69, 9.17) is 9.47 Å². The summed E-state index contributed by atoms with van der Waals surface area (Å²) in [5.41, 5.74) is 1.92. The third kappa shape index (κ3) is 5.11. The SMILES string of the molecule is CCOc1ccc(/C(O)=C2\C(=O)C(=O)N(c3ccc(F)cc3)C2c2cccc(Oc3ccccc3)c2)cc1C. The number of Topliss-reactive ketones (excluding diaryl/α,β-unsaturated/α-hetero) is 1. The predicted octanol–water partition coefficient (Wildman–Crippen LogP) is 6.95. The number of anilines is 1. The minimum Gasteiger partial charge on any atom is -0.507 e. The van der Waals surface area contributed by atoms with Crippen molar-refractivity contribution in [3.05, 3.63) is 125 Å². The van der Waals surface area contributed by atoms with E-state index in [1.165, 1.54) is 29.2 Å². The van der Waals surface area contributed by atoms with Crippen LogP contribution in [0.25, 0.3) is 5.76 Å². The molecule has 1 saturated heterocycles. The first-order chi connectivity index (χ1) is 18.9. The molecule has 0 bridgehead atoms. The van der Waals surface area contributed by atoms with Crippen molar-refractivity contribution in [2.75, 3.05) is 11.5 Å². The Morgan fingerprint density at radius 1 is 0.897 bits per heavy atom. The van der Waals surface area contributed by atoms with E-state index in [1.807, 2.05) is 44.2 Å². The zero-order chi connectivity index (χ0) is 27.5. The first-order valence-electron chi connectivity index (χ1n) is 12.5. The van der Waals surface area contributed by atoms with Gasteiger partial charge in [-0.05, 0) is 91.7 Å². The number of aliphatic hydroxyl groups excluding tert-OH is 1. The van der Waals surface area contributed by atoms with Crippen molar-refractivity contribution in [1.82, 2.24) is 0 Å². The molecule has 1 amide bonds. The Morgan fingerprint density at radius 2 is 1.62 bits per heavy atom. The van der Waals surface area contributed by atoms with E-state index in [-0.39, 0.29) is 11.3 Å². The lowest BCUT2D eigenvalue weighted by Gasteiger charge is -2.26. The fourth-order valence-electron chi connectivity index (χ4n) is 4.66. The molecule has 0 radical (unpaired) electrons. The fourth-order valence-corrected chi connectivity index (χ4v) is 4.66. The number of ether oxygens (including phenoxy) is 2. The highest BCUT2D eigenvalue weighted by molar-refractivity contribution is 6.51. The van der Waals surface area contributed by atoms with E-state index >= 15 is 0 Å². The van der Waals surface area contributed by atoms with Crippen LogP contribution >= 0.6 is 0 Å². The first-order valence-corrected chi connectivity index (χ1v) is 12.5. The van der Waals surface area contributed by atoms with Gasteiger partial charge in [-0.15, -0.1) is 0 Å². The van der Waals surface area contributed by atoms with Crippen LogP contribution in [0.1, 0.15) is 29.7 Å². The Bertz CT molecular complexity index is 1560. The number of hydrogen-bond acceptors (Lipinski definition) is 5. The molecule has 0 aromatic heterocycles. The zero-order valence-corrected chi connectivity index (χ0v) is 21.4. The van der Waals surface area contributed by atoms with Gasteiger partial charge in [0.1, 0.15) is 28.8 Å². The molecule has 1 atom stereocenters. The summed E-state index contributed by atoms with van der Waals surface area (Å²) in [4.78, 5) is 28.1. The number of halogens is 1. The smallest absolute Gasteiger partial charge is 0.300 e. The van der Waals surface area contributed by atoms with Crippen molar-refractivity contribution >= 4 is 23.1 Å². The van der Waals surface area contributed by atoms with Gasteiger partial charge >= 0.3 is 0 Å². The first kappa shape index (κ1) is 25.7. The van der Waals surface area contributed by atoms with Gasteiger partial charge < -0.3 is 14.6 Å². The highest BCUT2D eigenvalue weighted by Gasteiger charge is 2.47. The van der Waals surface area contributed by atoms with Crippen LogP contribution in [-0.2, 0) is 9.59 Å². The number of aliphatic hydroxyl groups is 1. The van der Waals surface area contributed by atoms with Crippen LogP contribution < -0.4 is 14.4 Å². The molecule has 0 aliphatic carbocycles. The second-order valence-electron chi connectivity index (χ2n) is 9.05. The van der Waals surface area contributed by atoms with E-state index in [0.717, 1.165) is 5.56 Å². The molecule has 0 saturated carbocycles. The third-order valence-corrected chi connectivity index (χ3v) is 6.45. The molecule has 1 heterocycles. The molecule has 196 valence electrons. The van der Waals surface area contributed by atoms with Gasteiger partial charge in [-0.25, -0.2) is 4.39 Å². The summed E-state index contributed by atoms with van der Waals surface area (Å²) in [6, 6.07) is 25.6. The van der Waals surface area contributed by atoms with Gasteiger partial charge in [-0.3, -0.25) is 14.5 Å². The summed E-state index contributed by atoms with van der Waals surface area (Å²) in [6.45, 7) is 4.19. The maximum atomic E-state index is 13.7. The Labute approximate surface area is 225 Å². The maximum Gasteiger partial charge on any atom is 0.300 e. The Balaban J connectivity index is 1.65. The quantitative estimate of drug-likeness (QED) is 0.161. The third-order valence-electron chi connectivity index (χ3n) is 6.45. The Morgan fingerprint density at radius 3 is 2.31 bits per heavy atom. The van der Waals surface area contributed by atoms with Crippen LogP contribution in [0.3, 0.4) is 0 Å². The van der Waals surface area contributed by atoms with Crippen LogP contribution in [0, 0.1) is 12.7 Å².